The van der Waals surface area contributed by atoms with Crippen molar-refractivity contribution in [3.63, 3.8) is 0 Å². The molecule has 1 fully saturated rings. The lowest BCUT2D eigenvalue weighted by Gasteiger charge is -2.35. The smallest absolute Gasteiger partial charge is 0.260 e. The number of nitrogens with zero attached hydrogens (tertiary/aromatic N) is 4. The van der Waals surface area contributed by atoms with Gasteiger partial charge in [-0.25, -0.2) is 0 Å². The number of anilines is 1. The quantitative estimate of drug-likeness (QED) is 0.654. The first-order chi connectivity index (χ1) is 14.6. The number of piperazine rings is 1. The van der Waals surface area contributed by atoms with Crippen molar-refractivity contribution in [2.45, 2.75) is 13.8 Å². The molecular weight excluding hydrogens is 376 g/mol. The molecule has 0 atom stereocenters. The van der Waals surface area contributed by atoms with Crippen molar-refractivity contribution in [2.24, 2.45) is 0 Å². The van der Waals surface area contributed by atoms with Gasteiger partial charge in [0, 0.05) is 31.7 Å². The van der Waals surface area contributed by atoms with E-state index in [1.807, 2.05) is 48.2 Å². The number of hydrogen-bond donors (Lipinski definition) is 0. The molecule has 1 aliphatic rings. The van der Waals surface area contributed by atoms with Crippen LogP contribution in [0.4, 0.5) is 5.82 Å². The van der Waals surface area contributed by atoms with Crippen LogP contribution in [0.25, 0.3) is 11.3 Å². The SMILES string of the molecule is Cc1ccc(OCC(=O)N2CCN(c3ccc(-c4ccc(C)cc4)nn3)CC2)cc1. The van der Waals surface area contributed by atoms with E-state index in [0.29, 0.717) is 13.1 Å². The van der Waals surface area contributed by atoms with Gasteiger partial charge in [0.25, 0.3) is 5.91 Å². The first-order valence-corrected chi connectivity index (χ1v) is 10.2. The Bertz CT molecular complexity index is 977. The Balaban J connectivity index is 1.29. The van der Waals surface area contributed by atoms with Gasteiger partial charge in [0.1, 0.15) is 5.75 Å². The van der Waals surface area contributed by atoms with E-state index in [-0.39, 0.29) is 12.5 Å². The minimum Gasteiger partial charge on any atom is -0.484 e. The second-order valence-electron chi connectivity index (χ2n) is 7.61. The van der Waals surface area contributed by atoms with Gasteiger partial charge in [0.05, 0.1) is 5.69 Å². The van der Waals surface area contributed by atoms with E-state index >= 15 is 0 Å². The molecule has 0 radical (unpaired) electrons. The van der Waals surface area contributed by atoms with Gasteiger partial charge in [-0.1, -0.05) is 47.5 Å². The number of ether oxygens (including phenoxy) is 1. The summed E-state index contributed by atoms with van der Waals surface area (Å²) in [5, 5.41) is 8.79. The molecule has 0 aliphatic carbocycles. The van der Waals surface area contributed by atoms with Crippen LogP contribution in [0, 0.1) is 13.8 Å². The third kappa shape index (κ3) is 4.76. The number of aromatic nitrogens is 2. The molecule has 0 N–H and O–H groups in total. The van der Waals surface area contributed by atoms with Crippen LogP contribution in [0.15, 0.2) is 60.7 Å². The van der Waals surface area contributed by atoms with Crippen molar-refractivity contribution in [3.05, 3.63) is 71.8 Å². The van der Waals surface area contributed by atoms with Crippen molar-refractivity contribution >= 4 is 11.7 Å². The molecule has 154 valence electrons. The summed E-state index contributed by atoms with van der Waals surface area (Å²) in [6.45, 7) is 6.92. The van der Waals surface area contributed by atoms with E-state index in [0.717, 1.165) is 35.9 Å². The third-order valence-corrected chi connectivity index (χ3v) is 5.34. The maximum Gasteiger partial charge on any atom is 0.260 e. The van der Waals surface area contributed by atoms with Gasteiger partial charge in [-0.15, -0.1) is 10.2 Å². The van der Waals surface area contributed by atoms with E-state index in [9.17, 15) is 4.79 Å². The molecule has 0 unspecified atom stereocenters. The van der Waals surface area contributed by atoms with E-state index < -0.39 is 0 Å². The molecule has 2 heterocycles. The average Bonchev–Trinajstić information content (AvgIpc) is 2.79. The lowest BCUT2D eigenvalue weighted by atomic mass is 10.1. The summed E-state index contributed by atoms with van der Waals surface area (Å²) in [6, 6.07) is 20.0. The Morgan fingerprint density at radius 3 is 2.07 bits per heavy atom. The fourth-order valence-electron chi connectivity index (χ4n) is 3.43. The van der Waals surface area contributed by atoms with Gasteiger partial charge in [-0.3, -0.25) is 4.79 Å². The van der Waals surface area contributed by atoms with E-state index in [1.54, 1.807) is 0 Å². The zero-order valence-corrected chi connectivity index (χ0v) is 17.4. The van der Waals surface area contributed by atoms with Gasteiger partial charge in [0.2, 0.25) is 0 Å². The monoisotopic (exact) mass is 402 g/mol. The first-order valence-electron chi connectivity index (χ1n) is 10.2. The van der Waals surface area contributed by atoms with E-state index in [2.05, 4.69) is 46.3 Å². The van der Waals surface area contributed by atoms with Crippen molar-refractivity contribution in [3.8, 4) is 17.0 Å². The molecule has 4 rings (SSSR count). The lowest BCUT2D eigenvalue weighted by molar-refractivity contribution is -0.133. The summed E-state index contributed by atoms with van der Waals surface area (Å²) >= 11 is 0. The highest BCUT2D eigenvalue weighted by molar-refractivity contribution is 5.78. The minimum absolute atomic E-state index is 0.0102. The van der Waals surface area contributed by atoms with Crippen LogP contribution < -0.4 is 9.64 Å². The molecule has 3 aromatic rings. The largest absolute Gasteiger partial charge is 0.484 e. The van der Waals surface area contributed by atoms with Crippen LogP contribution >= 0.6 is 0 Å². The molecule has 1 saturated heterocycles. The number of aryl methyl sites for hydroxylation is 2. The summed E-state index contributed by atoms with van der Waals surface area (Å²) < 4.78 is 5.62. The van der Waals surface area contributed by atoms with Gasteiger partial charge in [0.15, 0.2) is 12.4 Å². The zero-order valence-electron chi connectivity index (χ0n) is 17.4. The molecule has 0 bridgehead atoms. The van der Waals surface area contributed by atoms with E-state index in [4.69, 9.17) is 4.74 Å². The number of benzene rings is 2. The van der Waals surface area contributed by atoms with Crippen molar-refractivity contribution < 1.29 is 9.53 Å². The minimum atomic E-state index is 0.0102. The fourth-order valence-corrected chi connectivity index (χ4v) is 3.43. The van der Waals surface area contributed by atoms with Crippen LogP contribution in [0.5, 0.6) is 5.75 Å². The molecule has 6 heteroatoms. The molecular formula is C24H26N4O2. The summed E-state index contributed by atoms with van der Waals surface area (Å²) in [5.74, 6) is 1.57. The molecule has 30 heavy (non-hydrogen) atoms. The van der Waals surface area contributed by atoms with Crippen molar-refractivity contribution in [1.29, 1.82) is 0 Å². The highest BCUT2D eigenvalue weighted by Crippen LogP contribution is 2.20. The predicted molar refractivity (Wildman–Crippen MR) is 118 cm³/mol. The summed E-state index contributed by atoms with van der Waals surface area (Å²) in [5.41, 5.74) is 4.31. The van der Waals surface area contributed by atoms with Gasteiger partial charge >= 0.3 is 0 Å². The lowest BCUT2D eigenvalue weighted by Crippen LogP contribution is -2.50. The summed E-state index contributed by atoms with van der Waals surface area (Å²) in [7, 11) is 0. The maximum atomic E-state index is 12.5. The normalized spacial score (nSPS) is 13.9. The second-order valence-corrected chi connectivity index (χ2v) is 7.61. The van der Waals surface area contributed by atoms with E-state index in [1.165, 1.54) is 11.1 Å². The highest BCUT2D eigenvalue weighted by Gasteiger charge is 2.22. The topological polar surface area (TPSA) is 58.6 Å². The summed E-state index contributed by atoms with van der Waals surface area (Å²) in [4.78, 5) is 16.5. The van der Waals surface area contributed by atoms with Crippen LogP contribution in [0.1, 0.15) is 11.1 Å². The van der Waals surface area contributed by atoms with Crippen molar-refractivity contribution in [1.82, 2.24) is 15.1 Å². The number of carbonyl (C=O) groups excluding carboxylic acids is 1. The molecule has 2 aromatic carbocycles. The molecule has 0 saturated carbocycles. The number of hydrogen-bond acceptors (Lipinski definition) is 5. The molecule has 1 aromatic heterocycles. The van der Waals surface area contributed by atoms with Crippen LogP contribution in [-0.4, -0.2) is 53.8 Å². The van der Waals surface area contributed by atoms with Gasteiger partial charge in [-0.2, -0.15) is 0 Å². The summed E-state index contributed by atoms with van der Waals surface area (Å²) in [6.07, 6.45) is 0. The first kappa shape index (κ1) is 19.9. The van der Waals surface area contributed by atoms with Gasteiger partial charge in [-0.05, 0) is 38.1 Å². The highest BCUT2D eigenvalue weighted by atomic mass is 16.5. The Morgan fingerprint density at radius 2 is 1.47 bits per heavy atom. The van der Waals surface area contributed by atoms with Gasteiger partial charge < -0.3 is 14.5 Å². The van der Waals surface area contributed by atoms with Crippen LogP contribution in [0.3, 0.4) is 0 Å². The Kier molecular flexibility index (Phi) is 5.93. The number of carbonyl (C=O) groups is 1. The number of amides is 1. The Hall–Kier alpha value is -3.41. The maximum absolute atomic E-state index is 12.5. The van der Waals surface area contributed by atoms with Crippen LogP contribution in [0.2, 0.25) is 0 Å². The molecule has 1 amide bonds. The Morgan fingerprint density at radius 1 is 0.833 bits per heavy atom. The molecule has 1 aliphatic heterocycles. The standard InChI is InChI=1S/C24H26N4O2/c1-18-3-7-20(8-4-18)22-11-12-23(26-25-22)27-13-15-28(16-14-27)24(29)17-30-21-9-5-19(2)6-10-21/h3-12H,13-17H2,1-2H3. The molecule has 6 nitrogen and oxygen atoms in total. The third-order valence-electron chi connectivity index (χ3n) is 5.34. The van der Waals surface area contributed by atoms with Crippen LogP contribution in [-0.2, 0) is 4.79 Å². The fraction of sp³-hybridized carbons (Fsp3) is 0.292. The second kappa shape index (κ2) is 8.95. The van der Waals surface area contributed by atoms with Crippen molar-refractivity contribution in [2.75, 3.05) is 37.7 Å². The predicted octanol–water partition coefficient (Wildman–Crippen LogP) is 3.49. The number of rotatable bonds is 5. The Labute approximate surface area is 177 Å². The zero-order chi connectivity index (χ0) is 20.9. The molecule has 0 spiro atoms. The average molecular weight is 402 g/mol.